The molecule has 1 aliphatic heterocycles. The van der Waals surface area contributed by atoms with Crippen molar-refractivity contribution in [2.45, 2.75) is 52.3 Å². The summed E-state index contributed by atoms with van der Waals surface area (Å²) in [4.78, 5) is 12.9. The third-order valence-corrected chi connectivity index (χ3v) is 3.43. The molecule has 1 unspecified atom stereocenters. The van der Waals surface area contributed by atoms with Crippen molar-refractivity contribution < 1.29 is 13.9 Å². The monoisotopic (exact) mass is 364 g/mol. The van der Waals surface area contributed by atoms with Gasteiger partial charge >= 0.3 is 6.09 Å². The molecule has 8 heteroatoms. The molecule has 0 aliphatic carbocycles. The minimum absolute atomic E-state index is 0.176. The van der Waals surface area contributed by atoms with E-state index in [0.717, 1.165) is 16.7 Å². The fraction of sp³-hybridized carbons (Fsp3) is 0.769. The predicted molar refractivity (Wildman–Crippen MR) is 80.8 cm³/mol. The number of alkyl halides is 1. The lowest BCUT2D eigenvalue weighted by molar-refractivity contribution is 0.0139. The topological polar surface area (TPSA) is 71.1 Å². The van der Waals surface area contributed by atoms with E-state index >= 15 is 0 Å². The van der Waals surface area contributed by atoms with E-state index in [1.807, 2.05) is 27.7 Å². The van der Waals surface area contributed by atoms with Crippen LogP contribution in [0.1, 0.15) is 39.3 Å². The number of aryl methyl sites for hydroxylation is 1. The molecule has 1 fully saturated rings. The quantitative estimate of drug-likeness (QED) is 0.766. The molecule has 0 spiro atoms. The summed E-state index contributed by atoms with van der Waals surface area (Å²) in [6, 6.07) is 0. The lowest BCUT2D eigenvalue weighted by atomic mass is 10.1. The molecule has 2 heterocycles. The predicted octanol–water partition coefficient (Wildman–Crippen LogP) is 3.23. The van der Waals surface area contributed by atoms with E-state index in [9.17, 15) is 9.18 Å². The van der Waals surface area contributed by atoms with Crippen LogP contribution in [0.3, 0.4) is 0 Å². The Morgan fingerprint density at radius 1 is 1.48 bits per heavy atom. The number of ether oxygens (including phenoxy) is 1. The second-order valence-electron chi connectivity index (χ2n) is 5.87. The van der Waals surface area contributed by atoms with Gasteiger partial charge in [-0.05, 0) is 56.5 Å². The summed E-state index contributed by atoms with van der Waals surface area (Å²) in [6.45, 7) is 8.07. The molecule has 1 saturated heterocycles. The molecular formula is C13H22BrFN4O2. The van der Waals surface area contributed by atoms with Gasteiger partial charge in [-0.25, -0.2) is 9.18 Å². The Morgan fingerprint density at radius 2 is 2.14 bits per heavy atom. The van der Waals surface area contributed by atoms with Gasteiger partial charge in [0.15, 0.2) is 4.60 Å². The van der Waals surface area contributed by atoms with E-state index < -0.39 is 17.9 Å². The summed E-state index contributed by atoms with van der Waals surface area (Å²) in [6.07, 6.45) is -0.0178. The van der Waals surface area contributed by atoms with Crippen LogP contribution in [0.2, 0.25) is 0 Å². The van der Waals surface area contributed by atoms with E-state index in [1.165, 1.54) is 4.90 Å². The Balaban J connectivity index is 0.000000262. The van der Waals surface area contributed by atoms with Gasteiger partial charge in [0.1, 0.15) is 11.8 Å². The normalized spacial score (nSPS) is 18.8. The maximum absolute atomic E-state index is 13.0. The molecule has 21 heavy (non-hydrogen) atoms. The van der Waals surface area contributed by atoms with E-state index in [-0.39, 0.29) is 6.54 Å². The number of nitrogens with one attached hydrogen (secondary N) is 1. The van der Waals surface area contributed by atoms with Gasteiger partial charge in [-0.1, -0.05) is 0 Å². The molecular weight excluding hydrogens is 343 g/mol. The largest absolute Gasteiger partial charge is 0.444 e. The molecule has 120 valence electrons. The number of hydrogen-bond acceptors (Lipinski definition) is 4. The first-order valence-electron chi connectivity index (χ1n) is 6.84. The summed E-state index contributed by atoms with van der Waals surface area (Å²) in [7, 11) is 0. The Hall–Kier alpha value is -1.18. The number of amides is 1. The highest BCUT2D eigenvalue weighted by Gasteiger charge is 2.27. The summed E-state index contributed by atoms with van der Waals surface area (Å²) in [5.41, 5.74) is 0.389. The van der Waals surface area contributed by atoms with Crippen molar-refractivity contribution in [3.8, 4) is 0 Å². The van der Waals surface area contributed by atoms with Crippen molar-refractivity contribution in [3.63, 3.8) is 0 Å². The van der Waals surface area contributed by atoms with Gasteiger partial charge in [0, 0.05) is 6.54 Å². The number of aromatic nitrogens is 3. The number of carbonyl (C=O) groups excluding carboxylic acids is 1. The van der Waals surface area contributed by atoms with Crippen molar-refractivity contribution in [2.75, 3.05) is 13.1 Å². The number of piperidine rings is 1. The smallest absolute Gasteiger partial charge is 0.410 e. The van der Waals surface area contributed by atoms with Crippen molar-refractivity contribution in [2.24, 2.45) is 0 Å². The number of nitrogens with zero attached hydrogens (tertiary/aromatic N) is 3. The molecule has 1 aliphatic rings. The van der Waals surface area contributed by atoms with Gasteiger partial charge in [0.05, 0.1) is 12.2 Å². The number of H-pyrrole nitrogens is 1. The molecule has 1 N–H and O–H groups in total. The first kappa shape index (κ1) is 17.9. The lowest BCUT2D eigenvalue weighted by Gasteiger charge is -2.31. The van der Waals surface area contributed by atoms with Gasteiger partial charge < -0.3 is 9.64 Å². The van der Waals surface area contributed by atoms with Crippen molar-refractivity contribution in [1.29, 1.82) is 0 Å². The minimum Gasteiger partial charge on any atom is -0.444 e. The second-order valence-corrected chi connectivity index (χ2v) is 6.62. The van der Waals surface area contributed by atoms with Crippen LogP contribution in [-0.4, -0.2) is 51.3 Å². The van der Waals surface area contributed by atoms with Crippen LogP contribution in [0.4, 0.5) is 9.18 Å². The highest BCUT2D eigenvalue weighted by molar-refractivity contribution is 9.10. The molecule has 1 amide bonds. The summed E-state index contributed by atoms with van der Waals surface area (Å²) in [5, 5.41) is 9.88. The van der Waals surface area contributed by atoms with E-state index in [1.54, 1.807) is 0 Å². The molecule has 1 atom stereocenters. The third-order valence-electron chi connectivity index (χ3n) is 2.68. The minimum atomic E-state index is -0.892. The van der Waals surface area contributed by atoms with Crippen molar-refractivity contribution in [1.82, 2.24) is 20.3 Å². The molecule has 1 aromatic rings. The van der Waals surface area contributed by atoms with E-state index in [2.05, 4.69) is 31.3 Å². The van der Waals surface area contributed by atoms with Crippen LogP contribution in [0.25, 0.3) is 0 Å². The molecule has 0 aromatic carbocycles. The summed E-state index contributed by atoms with van der Waals surface area (Å²) in [5.74, 6) is 0. The van der Waals surface area contributed by atoms with Crippen molar-refractivity contribution in [3.05, 3.63) is 10.3 Å². The highest BCUT2D eigenvalue weighted by Crippen LogP contribution is 2.16. The summed E-state index contributed by atoms with van der Waals surface area (Å²) >= 11 is 3.16. The van der Waals surface area contributed by atoms with Gasteiger partial charge in [-0.3, -0.25) is 0 Å². The van der Waals surface area contributed by atoms with E-state index in [4.69, 9.17) is 4.74 Å². The Morgan fingerprint density at radius 3 is 2.52 bits per heavy atom. The number of hydrogen-bond donors (Lipinski definition) is 1. The average Bonchev–Trinajstić information content (AvgIpc) is 2.72. The third kappa shape index (κ3) is 6.88. The van der Waals surface area contributed by atoms with Crippen LogP contribution in [0.15, 0.2) is 4.60 Å². The molecule has 6 nitrogen and oxygen atoms in total. The number of likely N-dealkylation sites (tertiary alicyclic amines) is 1. The molecule has 0 bridgehead atoms. The number of halogens is 2. The molecule has 1 aromatic heterocycles. The van der Waals surface area contributed by atoms with Crippen LogP contribution < -0.4 is 0 Å². The summed E-state index contributed by atoms with van der Waals surface area (Å²) < 4.78 is 18.9. The Kier molecular flexibility index (Phi) is 6.57. The maximum atomic E-state index is 13.0. The van der Waals surface area contributed by atoms with E-state index in [0.29, 0.717) is 13.0 Å². The lowest BCUT2D eigenvalue weighted by Crippen LogP contribution is -2.43. The number of carbonyl (C=O) groups is 1. The second kappa shape index (κ2) is 7.72. The molecule has 0 saturated carbocycles. The molecule has 0 radical (unpaired) electrons. The van der Waals surface area contributed by atoms with Gasteiger partial charge in [0.2, 0.25) is 0 Å². The standard InChI is InChI=1S/C10H18FNO2.C3H4BrN3/c1-10(2,3)14-9(13)12-6-4-5-8(11)7-12;1-2-3(4)6-7-5-2/h8H,4-7H2,1-3H3;1H3,(H,5,6,7). The number of rotatable bonds is 0. The Bertz CT molecular complexity index is 445. The SMILES string of the molecule is CC(C)(C)OC(=O)N1CCCC(F)C1.Cc1n[nH]nc1Br. The zero-order valence-electron chi connectivity index (χ0n) is 12.8. The van der Waals surface area contributed by atoms with Crippen LogP contribution in [0.5, 0.6) is 0 Å². The Labute approximate surface area is 132 Å². The van der Waals surface area contributed by atoms with Gasteiger partial charge in [-0.15, -0.1) is 5.10 Å². The average molecular weight is 365 g/mol. The zero-order valence-corrected chi connectivity index (χ0v) is 14.4. The fourth-order valence-corrected chi connectivity index (χ4v) is 1.86. The highest BCUT2D eigenvalue weighted by atomic mass is 79.9. The maximum Gasteiger partial charge on any atom is 0.410 e. The first-order valence-corrected chi connectivity index (χ1v) is 7.63. The number of aromatic amines is 1. The van der Waals surface area contributed by atoms with Crippen LogP contribution in [0, 0.1) is 6.92 Å². The first-order chi connectivity index (χ1) is 9.69. The van der Waals surface area contributed by atoms with Crippen LogP contribution >= 0.6 is 15.9 Å². The van der Waals surface area contributed by atoms with Gasteiger partial charge in [0.25, 0.3) is 0 Å². The zero-order chi connectivity index (χ0) is 16.0. The van der Waals surface area contributed by atoms with Crippen LogP contribution in [-0.2, 0) is 4.74 Å². The van der Waals surface area contributed by atoms with Gasteiger partial charge in [-0.2, -0.15) is 10.3 Å². The molecule has 2 rings (SSSR count). The van der Waals surface area contributed by atoms with Crippen molar-refractivity contribution >= 4 is 22.0 Å². The fourth-order valence-electron chi connectivity index (χ4n) is 1.69.